The number of halogens is 2. The fourth-order valence-electron chi connectivity index (χ4n) is 2.18. The lowest BCUT2D eigenvalue weighted by molar-refractivity contribution is 0.271. The summed E-state index contributed by atoms with van der Waals surface area (Å²) >= 11 is 1.30. The molecule has 104 valence electrons. The molecule has 3 nitrogen and oxygen atoms in total. The van der Waals surface area contributed by atoms with Crippen LogP contribution in [0.15, 0.2) is 29.9 Å². The number of benzene rings is 1. The Morgan fingerprint density at radius 2 is 2.05 bits per heavy atom. The summed E-state index contributed by atoms with van der Waals surface area (Å²) in [7, 11) is 0. The second kappa shape index (κ2) is 6.55. The smallest absolute Gasteiger partial charge is 0.130 e. The second-order valence-corrected chi connectivity index (χ2v) is 5.18. The molecule has 0 bridgehead atoms. The first-order valence-electron chi connectivity index (χ1n) is 6.01. The van der Waals surface area contributed by atoms with Gasteiger partial charge in [0, 0.05) is 29.2 Å². The highest BCUT2D eigenvalue weighted by molar-refractivity contribution is 7.09. The van der Waals surface area contributed by atoms with Crippen molar-refractivity contribution in [1.29, 1.82) is 5.26 Å². The van der Waals surface area contributed by atoms with Gasteiger partial charge in [0.05, 0.1) is 17.5 Å². The lowest BCUT2D eigenvalue weighted by Crippen LogP contribution is -2.14. The van der Waals surface area contributed by atoms with E-state index in [0.29, 0.717) is 0 Å². The fraction of sp³-hybridized carbons (Fsp3) is 0.286. The van der Waals surface area contributed by atoms with Gasteiger partial charge in [-0.05, 0) is 18.6 Å². The minimum atomic E-state index is -0.996. The van der Waals surface area contributed by atoms with E-state index in [2.05, 4.69) is 4.98 Å². The van der Waals surface area contributed by atoms with Gasteiger partial charge in [-0.25, -0.2) is 8.78 Å². The molecule has 0 aliphatic heterocycles. The van der Waals surface area contributed by atoms with Gasteiger partial charge in [0.2, 0.25) is 0 Å². The van der Waals surface area contributed by atoms with E-state index in [4.69, 9.17) is 5.11 Å². The molecule has 0 radical (unpaired) electrons. The Balaban J connectivity index is 2.47. The van der Waals surface area contributed by atoms with Crippen LogP contribution in [0.3, 0.4) is 0 Å². The van der Waals surface area contributed by atoms with Crippen LogP contribution in [-0.4, -0.2) is 16.7 Å². The number of thiazole rings is 1. The maximum absolute atomic E-state index is 13.9. The summed E-state index contributed by atoms with van der Waals surface area (Å²) < 4.78 is 27.7. The number of aliphatic hydroxyl groups is 1. The Kier molecular flexibility index (Phi) is 4.77. The molecule has 2 rings (SSSR count). The molecular formula is C14H12F2N2OS. The molecule has 1 N–H and O–H groups in total. The quantitative estimate of drug-likeness (QED) is 0.921. The number of hydrogen-bond donors (Lipinski definition) is 1. The van der Waals surface area contributed by atoms with Crippen molar-refractivity contribution in [3.8, 4) is 6.07 Å². The summed E-state index contributed by atoms with van der Waals surface area (Å²) in [5, 5.41) is 18.5. The molecule has 0 unspecified atom stereocenters. The van der Waals surface area contributed by atoms with Crippen molar-refractivity contribution in [2.75, 3.05) is 6.61 Å². The zero-order chi connectivity index (χ0) is 14.5. The van der Waals surface area contributed by atoms with E-state index < -0.39 is 23.5 Å². The third-order valence-corrected chi connectivity index (χ3v) is 4.02. The van der Waals surface area contributed by atoms with Crippen LogP contribution < -0.4 is 0 Å². The predicted molar refractivity (Wildman–Crippen MR) is 71.3 cm³/mol. The van der Waals surface area contributed by atoms with Gasteiger partial charge in [0.1, 0.15) is 11.6 Å². The molecule has 0 amide bonds. The van der Waals surface area contributed by atoms with Gasteiger partial charge >= 0.3 is 0 Å². The van der Waals surface area contributed by atoms with E-state index in [1.807, 2.05) is 6.07 Å². The summed E-state index contributed by atoms with van der Waals surface area (Å²) in [6, 6.07) is 5.48. The van der Waals surface area contributed by atoms with Crippen LogP contribution in [0.5, 0.6) is 0 Å². The van der Waals surface area contributed by atoms with Crippen molar-refractivity contribution in [1.82, 2.24) is 4.98 Å². The Morgan fingerprint density at radius 3 is 2.55 bits per heavy atom. The van der Waals surface area contributed by atoms with Crippen molar-refractivity contribution in [3.05, 3.63) is 52.0 Å². The van der Waals surface area contributed by atoms with Gasteiger partial charge in [0.25, 0.3) is 0 Å². The van der Waals surface area contributed by atoms with Crippen LogP contribution in [0.4, 0.5) is 8.78 Å². The molecule has 20 heavy (non-hydrogen) atoms. The maximum Gasteiger partial charge on any atom is 0.130 e. The number of aromatic nitrogens is 1. The third-order valence-electron chi connectivity index (χ3n) is 3.11. The van der Waals surface area contributed by atoms with Gasteiger partial charge in [-0.15, -0.1) is 11.3 Å². The van der Waals surface area contributed by atoms with E-state index in [1.165, 1.54) is 17.4 Å². The number of aliphatic hydroxyl groups excluding tert-OH is 1. The molecule has 0 saturated carbocycles. The summed E-state index contributed by atoms with van der Waals surface area (Å²) in [6.07, 6.45) is 1.81. The Morgan fingerprint density at radius 1 is 1.35 bits per heavy atom. The first kappa shape index (κ1) is 14.6. The zero-order valence-electron chi connectivity index (χ0n) is 10.5. The van der Waals surface area contributed by atoms with Crippen molar-refractivity contribution >= 4 is 11.3 Å². The van der Waals surface area contributed by atoms with E-state index in [1.54, 1.807) is 11.7 Å². The zero-order valence-corrected chi connectivity index (χ0v) is 11.3. The normalized spacial score (nSPS) is 13.7. The Bertz CT molecular complexity index is 590. The Labute approximate surface area is 119 Å². The summed E-state index contributed by atoms with van der Waals surface area (Å²) in [5.74, 6) is -2.97. The minimum absolute atomic E-state index is 0.170. The average molecular weight is 294 g/mol. The molecular weight excluding hydrogens is 282 g/mol. The van der Waals surface area contributed by atoms with E-state index in [9.17, 15) is 14.0 Å². The topological polar surface area (TPSA) is 56.9 Å². The van der Waals surface area contributed by atoms with Crippen LogP contribution in [0, 0.1) is 23.0 Å². The van der Waals surface area contributed by atoms with Crippen molar-refractivity contribution in [2.24, 2.45) is 0 Å². The van der Waals surface area contributed by atoms with Crippen LogP contribution >= 0.6 is 11.3 Å². The van der Waals surface area contributed by atoms with E-state index >= 15 is 0 Å². The highest BCUT2D eigenvalue weighted by Gasteiger charge is 2.30. The summed E-state index contributed by atoms with van der Waals surface area (Å²) in [5.41, 5.74) is 1.34. The van der Waals surface area contributed by atoms with Crippen molar-refractivity contribution in [2.45, 2.75) is 18.3 Å². The molecule has 1 heterocycles. The summed E-state index contributed by atoms with van der Waals surface area (Å²) in [4.78, 5) is 4.65. The van der Waals surface area contributed by atoms with Crippen LogP contribution in [-0.2, 0) is 0 Å². The highest BCUT2D eigenvalue weighted by atomic mass is 32.1. The molecule has 0 fully saturated rings. The first-order chi connectivity index (χ1) is 9.69. The number of hydrogen-bond acceptors (Lipinski definition) is 4. The highest BCUT2D eigenvalue weighted by Crippen LogP contribution is 2.38. The van der Waals surface area contributed by atoms with Gasteiger partial charge in [0.15, 0.2) is 0 Å². The lowest BCUT2D eigenvalue weighted by Gasteiger charge is -2.21. The predicted octanol–water partition coefficient (Wildman–Crippen LogP) is 3.19. The van der Waals surface area contributed by atoms with Crippen LogP contribution in [0.2, 0.25) is 0 Å². The SMILES string of the molecule is N#C[C@@H](c1c(F)cccc1F)[C@@H](CCO)c1cncs1. The average Bonchev–Trinajstić information content (AvgIpc) is 2.95. The Hall–Kier alpha value is -1.84. The standard InChI is InChI=1S/C14H12F2N2OS/c15-11-2-1-3-12(16)14(11)10(6-17)9(4-5-19)13-7-18-8-20-13/h1-3,7-10,19H,4-5H2/t9-,10-/m1/s1. The van der Waals surface area contributed by atoms with Crippen molar-refractivity contribution < 1.29 is 13.9 Å². The van der Waals surface area contributed by atoms with Gasteiger partial charge in [-0.2, -0.15) is 5.26 Å². The van der Waals surface area contributed by atoms with Crippen molar-refractivity contribution in [3.63, 3.8) is 0 Å². The van der Waals surface area contributed by atoms with Crippen LogP contribution in [0.1, 0.15) is 28.7 Å². The van der Waals surface area contributed by atoms with Gasteiger partial charge in [-0.1, -0.05) is 6.07 Å². The van der Waals surface area contributed by atoms with Crippen LogP contribution in [0.25, 0.3) is 0 Å². The lowest BCUT2D eigenvalue weighted by atomic mass is 9.83. The van der Waals surface area contributed by atoms with Gasteiger partial charge < -0.3 is 5.11 Å². The minimum Gasteiger partial charge on any atom is -0.396 e. The summed E-state index contributed by atoms with van der Waals surface area (Å²) in [6.45, 7) is -0.170. The molecule has 0 aliphatic carbocycles. The number of nitriles is 1. The molecule has 2 aromatic rings. The molecule has 2 atom stereocenters. The molecule has 1 aromatic heterocycles. The first-order valence-corrected chi connectivity index (χ1v) is 6.89. The molecule has 0 saturated heterocycles. The molecule has 6 heteroatoms. The van der Waals surface area contributed by atoms with Gasteiger partial charge in [-0.3, -0.25) is 4.98 Å². The maximum atomic E-state index is 13.9. The largest absolute Gasteiger partial charge is 0.396 e. The fourth-order valence-corrected chi connectivity index (χ4v) is 2.98. The molecule has 1 aromatic carbocycles. The van der Waals surface area contributed by atoms with E-state index in [0.717, 1.165) is 17.0 Å². The number of nitrogens with zero attached hydrogens (tertiary/aromatic N) is 2. The molecule has 0 spiro atoms. The molecule has 0 aliphatic rings. The third kappa shape index (κ3) is 2.84. The number of rotatable bonds is 5. The monoisotopic (exact) mass is 294 g/mol. The second-order valence-electron chi connectivity index (χ2n) is 4.26. The van der Waals surface area contributed by atoms with E-state index in [-0.39, 0.29) is 18.6 Å².